The molecular weight excluding hydrogens is 246 g/mol. The highest BCUT2D eigenvalue weighted by atomic mass is 35.5. The first kappa shape index (κ1) is 14.8. The lowest BCUT2D eigenvalue weighted by atomic mass is 9.81. The topological polar surface area (TPSA) is 46.2 Å². The van der Waals surface area contributed by atoms with Gasteiger partial charge in [-0.25, -0.2) is 0 Å². The van der Waals surface area contributed by atoms with Crippen molar-refractivity contribution in [2.24, 2.45) is 11.1 Å². The maximum atomic E-state index is 10.1. The summed E-state index contributed by atoms with van der Waals surface area (Å²) in [6.45, 7) is 6.25. The number of halogens is 1. The van der Waals surface area contributed by atoms with E-state index in [1.807, 2.05) is 30.3 Å². The molecule has 0 aromatic heterocycles. The highest BCUT2D eigenvalue weighted by Crippen LogP contribution is 2.39. The standard InChI is InChI=1S/C15H19NO.ClH/c1-15(2,3)14(16)13-11-7-5-4-6-10(11)8-9-12(13)17;/h4-9,14,17H,16H2,1-3H3;1H. The van der Waals surface area contributed by atoms with Crippen LogP contribution in [0.15, 0.2) is 36.4 Å². The number of phenols is 1. The summed E-state index contributed by atoms with van der Waals surface area (Å²) in [5.74, 6) is 0.283. The van der Waals surface area contributed by atoms with Gasteiger partial charge in [-0.2, -0.15) is 0 Å². The molecule has 0 amide bonds. The third-order valence-electron chi connectivity index (χ3n) is 3.19. The van der Waals surface area contributed by atoms with Crippen LogP contribution in [0.4, 0.5) is 0 Å². The summed E-state index contributed by atoms with van der Waals surface area (Å²) in [6, 6.07) is 11.5. The Morgan fingerprint density at radius 3 is 2.28 bits per heavy atom. The average Bonchev–Trinajstić information content (AvgIpc) is 2.27. The maximum Gasteiger partial charge on any atom is 0.121 e. The minimum atomic E-state index is -0.186. The summed E-state index contributed by atoms with van der Waals surface area (Å²) >= 11 is 0. The van der Waals surface area contributed by atoms with Crippen LogP contribution in [0.25, 0.3) is 10.8 Å². The van der Waals surface area contributed by atoms with Crippen LogP contribution in [0.5, 0.6) is 5.75 Å². The van der Waals surface area contributed by atoms with E-state index in [2.05, 4.69) is 20.8 Å². The molecule has 3 N–H and O–H groups in total. The Morgan fingerprint density at radius 1 is 1.06 bits per heavy atom. The van der Waals surface area contributed by atoms with Gasteiger partial charge in [0.25, 0.3) is 0 Å². The van der Waals surface area contributed by atoms with Crippen LogP contribution in [-0.2, 0) is 0 Å². The number of benzene rings is 2. The Hall–Kier alpha value is -1.25. The lowest BCUT2D eigenvalue weighted by Gasteiger charge is -2.29. The molecule has 1 atom stereocenters. The van der Waals surface area contributed by atoms with E-state index in [-0.39, 0.29) is 29.6 Å². The molecule has 1 unspecified atom stereocenters. The van der Waals surface area contributed by atoms with Crippen LogP contribution < -0.4 is 5.73 Å². The zero-order valence-corrected chi connectivity index (χ0v) is 11.8. The first-order valence-corrected chi connectivity index (χ1v) is 5.87. The second kappa shape index (κ2) is 5.17. The number of aromatic hydroxyl groups is 1. The fourth-order valence-electron chi connectivity index (χ4n) is 2.04. The molecule has 0 aliphatic carbocycles. The van der Waals surface area contributed by atoms with E-state index < -0.39 is 0 Å². The molecule has 0 saturated carbocycles. The highest BCUT2D eigenvalue weighted by Gasteiger charge is 2.26. The van der Waals surface area contributed by atoms with Gasteiger partial charge in [-0.3, -0.25) is 0 Å². The molecule has 98 valence electrons. The molecule has 2 nitrogen and oxygen atoms in total. The van der Waals surface area contributed by atoms with Gasteiger partial charge in [-0.1, -0.05) is 51.1 Å². The number of hydrogen-bond acceptors (Lipinski definition) is 2. The van der Waals surface area contributed by atoms with Gasteiger partial charge in [-0.05, 0) is 22.3 Å². The normalized spacial score (nSPS) is 13.1. The van der Waals surface area contributed by atoms with Gasteiger partial charge in [-0.15, -0.1) is 12.4 Å². The number of fused-ring (bicyclic) bond motifs is 1. The first-order chi connectivity index (χ1) is 7.91. The second-order valence-electron chi connectivity index (χ2n) is 5.56. The van der Waals surface area contributed by atoms with Gasteiger partial charge in [0.2, 0.25) is 0 Å². The molecule has 18 heavy (non-hydrogen) atoms. The SMILES string of the molecule is CC(C)(C)C(N)c1c(O)ccc2ccccc12.Cl. The third kappa shape index (κ3) is 2.60. The van der Waals surface area contributed by atoms with Gasteiger partial charge in [0, 0.05) is 11.6 Å². The van der Waals surface area contributed by atoms with Crippen molar-refractivity contribution in [3.8, 4) is 5.75 Å². The van der Waals surface area contributed by atoms with E-state index in [0.717, 1.165) is 16.3 Å². The minimum absolute atomic E-state index is 0. The van der Waals surface area contributed by atoms with Gasteiger partial charge < -0.3 is 10.8 Å². The second-order valence-corrected chi connectivity index (χ2v) is 5.56. The molecule has 0 heterocycles. The van der Waals surface area contributed by atoms with Crippen molar-refractivity contribution >= 4 is 23.2 Å². The number of phenolic OH excluding ortho intramolecular Hbond substituents is 1. The first-order valence-electron chi connectivity index (χ1n) is 5.87. The Morgan fingerprint density at radius 2 is 1.67 bits per heavy atom. The van der Waals surface area contributed by atoms with Gasteiger partial charge >= 0.3 is 0 Å². The predicted octanol–water partition coefficient (Wildman–Crippen LogP) is 4.01. The average molecular weight is 266 g/mol. The molecule has 0 spiro atoms. The number of hydrogen-bond donors (Lipinski definition) is 2. The van der Waals surface area contributed by atoms with Crippen LogP contribution in [-0.4, -0.2) is 5.11 Å². The molecule has 2 aromatic rings. The van der Waals surface area contributed by atoms with Crippen LogP contribution in [0, 0.1) is 5.41 Å². The largest absolute Gasteiger partial charge is 0.508 e. The van der Waals surface area contributed by atoms with Crippen molar-refractivity contribution in [1.82, 2.24) is 0 Å². The Bertz CT molecular complexity index is 546. The number of rotatable bonds is 1. The monoisotopic (exact) mass is 265 g/mol. The molecule has 2 rings (SSSR count). The molecule has 0 aliphatic rings. The van der Waals surface area contributed by atoms with Gasteiger partial charge in [0.1, 0.15) is 5.75 Å². The Labute approximate surface area is 114 Å². The fourth-order valence-corrected chi connectivity index (χ4v) is 2.04. The summed E-state index contributed by atoms with van der Waals surface area (Å²) < 4.78 is 0. The molecule has 0 aliphatic heterocycles. The molecule has 3 heteroatoms. The summed E-state index contributed by atoms with van der Waals surface area (Å²) in [7, 11) is 0. The van der Waals surface area contributed by atoms with Crippen molar-refractivity contribution in [2.75, 3.05) is 0 Å². The van der Waals surface area contributed by atoms with E-state index in [1.54, 1.807) is 6.07 Å². The van der Waals surface area contributed by atoms with Crippen LogP contribution >= 0.6 is 12.4 Å². The van der Waals surface area contributed by atoms with E-state index in [9.17, 15) is 5.11 Å². The summed E-state index contributed by atoms with van der Waals surface area (Å²) in [4.78, 5) is 0. The van der Waals surface area contributed by atoms with Crippen molar-refractivity contribution < 1.29 is 5.11 Å². The van der Waals surface area contributed by atoms with E-state index in [1.165, 1.54) is 0 Å². The van der Waals surface area contributed by atoms with E-state index >= 15 is 0 Å². The number of nitrogens with two attached hydrogens (primary N) is 1. The third-order valence-corrected chi connectivity index (χ3v) is 3.19. The van der Waals surface area contributed by atoms with Gasteiger partial charge in [0.15, 0.2) is 0 Å². The fraction of sp³-hybridized carbons (Fsp3) is 0.333. The lowest BCUT2D eigenvalue weighted by Crippen LogP contribution is -2.26. The highest BCUT2D eigenvalue weighted by molar-refractivity contribution is 5.88. The Kier molecular flexibility index (Phi) is 4.25. The minimum Gasteiger partial charge on any atom is -0.508 e. The summed E-state index contributed by atoms with van der Waals surface area (Å²) in [6.07, 6.45) is 0. The molecule has 2 aromatic carbocycles. The molecule has 0 bridgehead atoms. The van der Waals surface area contributed by atoms with Crippen molar-refractivity contribution in [2.45, 2.75) is 26.8 Å². The zero-order chi connectivity index (χ0) is 12.6. The van der Waals surface area contributed by atoms with E-state index in [4.69, 9.17) is 5.73 Å². The van der Waals surface area contributed by atoms with E-state index in [0.29, 0.717) is 0 Å². The smallest absolute Gasteiger partial charge is 0.121 e. The lowest BCUT2D eigenvalue weighted by molar-refractivity contribution is 0.319. The molecule has 0 fully saturated rings. The maximum absolute atomic E-state index is 10.1. The van der Waals surface area contributed by atoms with Crippen LogP contribution in [0.2, 0.25) is 0 Å². The van der Waals surface area contributed by atoms with Crippen molar-refractivity contribution in [1.29, 1.82) is 0 Å². The quantitative estimate of drug-likeness (QED) is 0.818. The summed E-state index contributed by atoms with van der Waals surface area (Å²) in [5.41, 5.74) is 7.04. The summed E-state index contributed by atoms with van der Waals surface area (Å²) in [5, 5.41) is 12.2. The zero-order valence-electron chi connectivity index (χ0n) is 11.0. The van der Waals surface area contributed by atoms with Crippen molar-refractivity contribution in [3.05, 3.63) is 42.0 Å². The molecule has 0 radical (unpaired) electrons. The van der Waals surface area contributed by atoms with Gasteiger partial charge in [0.05, 0.1) is 0 Å². The van der Waals surface area contributed by atoms with Crippen LogP contribution in [0.1, 0.15) is 32.4 Å². The molecule has 0 saturated heterocycles. The van der Waals surface area contributed by atoms with Crippen molar-refractivity contribution in [3.63, 3.8) is 0 Å². The molecular formula is C15H20ClNO. The van der Waals surface area contributed by atoms with Crippen LogP contribution in [0.3, 0.4) is 0 Å². The predicted molar refractivity (Wildman–Crippen MR) is 79.2 cm³/mol. The Balaban J connectivity index is 0.00000162.